The minimum Gasteiger partial charge on any atom is -0.431 e. The predicted molar refractivity (Wildman–Crippen MR) is 53.0 cm³/mol. The quantitative estimate of drug-likeness (QED) is 0.757. The van der Waals surface area contributed by atoms with Gasteiger partial charge >= 0.3 is 6.11 Å². The molecular formula is C11H9F2NO. The summed E-state index contributed by atoms with van der Waals surface area (Å²) in [4.78, 5) is 4.01. The van der Waals surface area contributed by atoms with Gasteiger partial charge in [0.15, 0.2) is 0 Å². The summed E-state index contributed by atoms with van der Waals surface area (Å²) in [6.45, 7) is 0.697. The van der Waals surface area contributed by atoms with Crippen LogP contribution in [-0.2, 0) is 0 Å². The van der Waals surface area contributed by atoms with Gasteiger partial charge in [0.1, 0.15) is 5.75 Å². The SMILES string of the molecule is CC(F)(F)Oc1cnc2ccccc2c1. The van der Waals surface area contributed by atoms with Crippen molar-refractivity contribution in [2.75, 3.05) is 0 Å². The third-order valence-corrected chi connectivity index (χ3v) is 1.86. The number of pyridine rings is 1. The third-order valence-electron chi connectivity index (χ3n) is 1.86. The molecule has 0 fully saturated rings. The van der Waals surface area contributed by atoms with Crippen molar-refractivity contribution in [1.82, 2.24) is 4.98 Å². The first-order chi connectivity index (χ1) is 7.04. The van der Waals surface area contributed by atoms with Crippen LogP contribution in [0.25, 0.3) is 10.9 Å². The molecular weight excluding hydrogens is 200 g/mol. The molecule has 15 heavy (non-hydrogen) atoms. The zero-order chi connectivity index (χ0) is 10.9. The van der Waals surface area contributed by atoms with Crippen LogP contribution in [-0.4, -0.2) is 11.1 Å². The van der Waals surface area contributed by atoms with E-state index in [0.717, 1.165) is 10.9 Å². The van der Waals surface area contributed by atoms with E-state index in [1.807, 2.05) is 18.2 Å². The summed E-state index contributed by atoms with van der Waals surface area (Å²) in [5, 5.41) is 0.777. The Bertz CT molecular complexity index is 479. The van der Waals surface area contributed by atoms with Crippen molar-refractivity contribution in [3.8, 4) is 5.75 Å². The number of hydrogen-bond donors (Lipinski definition) is 0. The second-order valence-electron chi connectivity index (χ2n) is 3.27. The molecule has 0 spiro atoms. The van der Waals surface area contributed by atoms with Crippen LogP contribution < -0.4 is 4.74 Å². The maximum atomic E-state index is 12.6. The molecule has 0 aliphatic rings. The summed E-state index contributed by atoms with van der Waals surface area (Å²) in [6, 6.07) is 8.80. The number of fused-ring (bicyclic) bond motifs is 1. The second kappa shape index (κ2) is 3.46. The van der Waals surface area contributed by atoms with Gasteiger partial charge in [-0.1, -0.05) is 18.2 Å². The van der Waals surface area contributed by atoms with E-state index in [2.05, 4.69) is 9.72 Å². The van der Waals surface area contributed by atoms with Crippen LogP contribution in [0, 0.1) is 0 Å². The molecule has 78 valence electrons. The average Bonchev–Trinajstić information content (AvgIpc) is 2.15. The van der Waals surface area contributed by atoms with Gasteiger partial charge in [0, 0.05) is 12.3 Å². The zero-order valence-corrected chi connectivity index (χ0v) is 8.08. The van der Waals surface area contributed by atoms with Gasteiger partial charge in [0.2, 0.25) is 0 Å². The lowest BCUT2D eigenvalue weighted by Crippen LogP contribution is -2.19. The Morgan fingerprint density at radius 2 is 2.00 bits per heavy atom. The average molecular weight is 209 g/mol. The van der Waals surface area contributed by atoms with Crippen LogP contribution in [0.15, 0.2) is 36.5 Å². The molecule has 0 saturated heterocycles. The normalized spacial score (nSPS) is 11.7. The number of ether oxygens (including phenoxy) is 1. The first-order valence-corrected chi connectivity index (χ1v) is 4.46. The van der Waals surface area contributed by atoms with Gasteiger partial charge in [-0.05, 0) is 12.1 Å². The summed E-state index contributed by atoms with van der Waals surface area (Å²) < 4.78 is 29.5. The van der Waals surface area contributed by atoms with Crippen LogP contribution >= 0.6 is 0 Å². The van der Waals surface area contributed by atoms with E-state index in [1.165, 1.54) is 6.20 Å². The summed E-state index contributed by atoms with van der Waals surface area (Å²) >= 11 is 0. The van der Waals surface area contributed by atoms with Gasteiger partial charge in [-0.3, -0.25) is 4.98 Å². The number of aromatic nitrogens is 1. The maximum absolute atomic E-state index is 12.6. The lowest BCUT2D eigenvalue weighted by Gasteiger charge is -2.12. The van der Waals surface area contributed by atoms with Gasteiger partial charge in [-0.25, -0.2) is 0 Å². The van der Waals surface area contributed by atoms with Crippen molar-refractivity contribution in [3.05, 3.63) is 36.5 Å². The highest BCUT2D eigenvalue weighted by Crippen LogP contribution is 2.23. The van der Waals surface area contributed by atoms with E-state index >= 15 is 0 Å². The molecule has 2 rings (SSSR count). The Morgan fingerprint density at radius 3 is 2.73 bits per heavy atom. The van der Waals surface area contributed by atoms with Gasteiger partial charge in [0.05, 0.1) is 11.7 Å². The predicted octanol–water partition coefficient (Wildman–Crippen LogP) is 3.23. The summed E-state index contributed by atoms with van der Waals surface area (Å²) in [6.07, 6.45) is -1.89. The van der Waals surface area contributed by atoms with Crippen LogP contribution in [0.4, 0.5) is 8.78 Å². The fraction of sp³-hybridized carbons (Fsp3) is 0.182. The lowest BCUT2D eigenvalue weighted by atomic mass is 10.2. The van der Waals surface area contributed by atoms with Crippen LogP contribution in [0.3, 0.4) is 0 Å². The third kappa shape index (κ3) is 2.40. The molecule has 2 nitrogen and oxygen atoms in total. The Balaban J connectivity index is 2.39. The molecule has 0 bridgehead atoms. The van der Waals surface area contributed by atoms with Crippen LogP contribution in [0.5, 0.6) is 5.75 Å². The molecule has 0 aliphatic carbocycles. The fourth-order valence-electron chi connectivity index (χ4n) is 1.31. The zero-order valence-electron chi connectivity index (χ0n) is 8.08. The first kappa shape index (κ1) is 9.83. The number of hydrogen-bond acceptors (Lipinski definition) is 2. The molecule has 1 aromatic heterocycles. The molecule has 0 unspecified atom stereocenters. The van der Waals surface area contributed by atoms with E-state index in [0.29, 0.717) is 6.92 Å². The number of para-hydroxylation sites is 1. The maximum Gasteiger partial charge on any atom is 0.394 e. The molecule has 1 aromatic carbocycles. The van der Waals surface area contributed by atoms with Crippen molar-refractivity contribution in [2.45, 2.75) is 13.0 Å². The number of halogens is 2. The number of rotatable bonds is 2. The second-order valence-corrected chi connectivity index (χ2v) is 3.27. The van der Waals surface area contributed by atoms with Crippen molar-refractivity contribution < 1.29 is 13.5 Å². The molecule has 0 atom stereocenters. The fourth-order valence-corrected chi connectivity index (χ4v) is 1.31. The van der Waals surface area contributed by atoms with Crippen molar-refractivity contribution in [1.29, 1.82) is 0 Å². The highest BCUT2D eigenvalue weighted by Gasteiger charge is 2.23. The Kier molecular flexibility index (Phi) is 2.26. The smallest absolute Gasteiger partial charge is 0.394 e. The summed E-state index contributed by atoms with van der Waals surface area (Å²) in [5.74, 6) is 0.0706. The molecule has 4 heteroatoms. The molecule has 0 radical (unpaired) electrons. The molecule has 2 aromatic rings. The van der Waals surface area contributed by atoms with E-state index in [4.69, 9.17) is 0 Å². The number of alkyl halides is 2. The topological polar surface area (TPSA) is 22.1 Å². The number of nitrogens with zero attached hydrogens (tertiary/aromatic N) is 1. The summed E-state index contributed by atoms with van der Waals surface area (Å²) in [7, 11) is 0. The van der Waals surface area contributed by atoms with Crippen molar-refractivity contribution >= 4 is 10.9 Å². The monoisotopic (exact) mass is 209 g/mol. The van der Waals surface area contributed by atoms with Gasteiger partial charge < -0.3 is 4.74 Å². The van der Waals surface area contributed by atoms with Gasteiger partial charge in [0.25, 0.3) is 0 Å². The number of benzene rings is 1. The largest absolute Gasteiger partial charge is 0.431 e. The minimum atomic E-state index is -3.18. The molecule has 0 aliphatic heterocycles. The Morgan fingerprint density at radius 1 is 1.27 bits per heavy atom. The molecule has 0 amide bonds. The first-order valence-electron chi connectivity index (χ1n) is 4.46. The lowest BCUT2D eigenvalue weighted by molar-refractivity contribution is -0.159. The van der Waals surface area contributed by atoms with E-state index in [1.54, 1.807) is 12.1 Å². The summed E-state index contributed by atoms with van der Waals surface area (Å²) in [5.41, 5.74) is 0.754. The molecule has 1 heterocycles. The minimum absolute atomic E-state index is 0.0706. The van der Waals surface area contributed by atoms with E-state index in [-0.39, 0.29) is 5.75 Å². The Hall–Kier alpha value is -1.71. The highest BCUT2D eigenvalue weighted by atomic mass is 19.3. The Labute approximate surface area is 85.5 Å². The van der Waals surface area contributed by atoms with E-state index < -0.39 is 6.11 Å². The molecule has 0 N–H and O–H groups in total. The van der Waals surface area contributed by atoms with Gasteiger partial charge in [-0.15, -0.1) is 0 Å². The van der Waals surface area contributed by atoms with Crippen molar-refractivity contribution in [2.24, 2.45) is 0 Å². The van der Waals surface area contributed by atoms with Crippen molar-refractivity contribution in [3.63, 3.8) is 0 Å². The van der Waals surface area contributed by atoms with Crippen LogP contribution in [0.2, 0.25) is 0 Å². The standard InChI is InChI=1S/C11H9F2NO/c1-11(12,13)15-9-6-8-4-2-3-5-10(8)14-7-9/h2-7H,1H3. The van der Waals surface area contributed by atoms with Gasteiger partial charge in [-0.2, -0.15) is 8.78 Å². The van der Waals surface area contributed by atoms with Crippen LogP contribution in [0.1, 0.15) is 6.92 Å². The molecule has 0 saturated carbocycles. The highest BCUT2D eigenvalue weighted by molar-refractivity contribution is 5.79. The van der Waals surface area contributed by atoms with E-state index in [9.17, 15) is 8.78 Å².